The van der Waals surface area contributed by atoms with Crippen LogP contribution >= 0.6 is 0 Å². The van der Waals surface area contributed by atoms with E-state index in [2.05, 4.69) is 10.5 Å². The highest BCUT2D eigenvalue weighted by molar-refractivity contribution is 5.95. The van der Waals surface area contributed by atoms with Crippen molar-refractivity contribution in [2.45, 2.75) is 20.0 Å². The highest BCUT2D eigenvalue weighted by Crippen LogP contribution is 2.29. The number of halogens is 3. The Kier molecular flexibility index (Phi) is 6.81. The van der Waals surface area contributed by atoms with E-state index in [0.29, 0.717) is 30.3 Å². The Hall–Kier alpha value is -3.03. The molecule has 5 nitrogen and oxygen atoms in total. The maximum Gasteiger partial charge on any atom is 0.416 e. The lowest BCUT2D eigenvalue weighted by Gasteiger charge is -2.11. The van der Waals surface area contributed by atoms with Crippen molar-refractivity contribution in [3.8, 4) is 11.5 Å². The molecule has 144 valence electrons. The molecule has 0 spiro atoms. The number of nitrogens with zero attached hydrogens (tertiary/aromatic N) is 1. The van der Waals surface area contributed by atoms with E-state index in [9.17, 15) is 18.0 Å². The molecule has 2 aromatic carbocycles. The summed E-state index contributed by atoms with van der Waals surface area (Å²) in [5.74, 6) is 0.380. The molecule has 0 aromatic heterocycles. The summed E-state index contributed by atoms with van der Waals surface area (Å²) in [6.45, 7) is 4.63. The summed E-state index contributed by atoms with van der Waals surface area (Å²) in [5, 5.41) is 3.78. The zero-order chi connectivity index (χ0) is 19.9. The van der Waals surface area contributed by atoms with E-state index in [-0.39, 0.29) is 5.56 Å². The zero-order valence-corrected chi connectivity index (χ0v) is 14.8. The third-order valence-corrected chi connectivity index (χ3v) is 3.40. The third-order valence-electron chi connectivity index (χ3n) is 3.40. The molecular formula is C19H19F3N2O3. The topological polar surface area (TPSA) is 59.9 Å². The van der Waals surface area contributed by atoms with Crippen molar-refractivity contribution < 1.29 is 27.4 Å². The molecule has 2 aromatic rings. The van der Waals surface area contributed by atoms with Gasteiger partial charge < -0.3 is 9.47 Å². The minimum atomic E-state index is -4.52. The van der Waals surface area contributed by atoms with E-state index in [1.807, 2.05) is 13.8 Å². The first-order chi connectivity index (χ1) is 12.8. The summed E-state index contributed by atoms with van der Waals surface area (Å²) in [4.78, 5) is 12.0. The van der Waals surface area contributed by atoms with Crippen LogP contribution in [0.25, 0.3) is 0 Å². The van der Waals surface area contributed by atoms with E-state index < -0.39 is 17.6 Å². The molecule has 0 saturated carbocycles. The second-order valence-corrected chi connectivity index (χ2v) is 5.35. The standard InChI is InChI=1S/C19H19F3N2O3/c1-3-26-16-9-8-13(10-17(16)27-4-2)12-23-24-18(25)14-6-5-7-15(11-14)19(20,21)22/h5-12H,3-4H2,1-2H3,(H,24,25)/b23-12-. The second-order valence-electron chi connectivity index (χ2n) is 5.35. The van der Waals surface area contributed by atoms with Gasteiger partial charge >= 0.3 is 6.18 Å². The molecule has 0 unspecified atom stereocenters. The molecule has 0 radical (unpaired) electrons. The highest BCUT2D eigenvalue weighted by Gasteiger charge is 2.30. The predicted octanol–water partition coefficient (Wildman–Crippen LogP) is 4.27. The quantitative estimate of drug-likeness (QED) is 0.577. The Balaban J connectivity index is 2.08. The van der Waals surface area contributed by atoms with Crippen molar-refractivity contribution in [2.24, 2.45) is 5.10 Å². The Morgan fingerprint density at radius 1 is 1.07 bits per heavy atom. The number of nitrogens with one attached hydrogen (secondary N) is 1. The number of alkyl halides is 3. The number of hydrogen-bond acceptors (Lipinski definition) is 4. The summed E-state index contributed by atoms with van der Waals surface area (Å²) in [6.07, 6.45) is -3.15. The zero-order valence-electron chi connectivity index (χ0n) is 14.8. The molecule has 1 N–H and O–H groups in total. The predicted molar refractivity (Wildman–Crippen MR) is 95.3 cm³/mol. The van der Waals surface area contributed by atoms with Gasteiger partial charge in [0.05, 0.1) is 25.0 Å². The molecule has 2 rings (SSSR count). The minimum absolute atomic E-state index is 0.135. The van der Waals surface area contributed by atoms with Crippen molar-refractivity contribution in [3.63, 3.8) is 0 Å². The largest absolute Gasteiger partial charge is 0.490 e. The molecule has 0 atom stereocenters. The maximum absolute atomic E-state index is 12.7. The van der Waals surface area contributed by atoms with Gasteiger partial charge in [0.15, 0.2) is 11.5 Å². The number of carbonyl (C=O) groups is 1. The van der Waals surface area contributed by atoms with Crippen LogP contribution in [0.4, 0.5) is 13.2 Å². The van der Waals surface area contributed by atoms with Gasteiger partial charge in [0.1, 0.15) is 0 Å². The summed E-state index contributed by atoms with van der Waals surface area (Å²) in [7, 11) is 0. The molecule has 8 heteroatoms. The van der Waals surface area contributed by atoms with Crippen LogP contribution in [0, 0.1) is 0 Å². The number of benzene rings is 2. The SMILES string of the molecule is CCOc1ccc(/C=N\NC(=O)c2cccc(C(F)(F)F)c2)cc1OCC. The van der Waals surface area contributed by atoms with Crippen LogP contribution in [0.1, 0.15) is 35.3 Å². The molecule has 0 saturated heterocycles. The van der Waals surface area contributed by atoms with Crippen molar-refractivity contribution >= 4 is 12.1 Å². The number of hydrogen-bond donors (Lipinski definition) is 1. The minimum Gasteiger partial charge on any atom is -0.490 e. The number of rotatable bonds is 7. The number of amides is 1. The van der Waals surface area contributed by atoms with Gasteiger partial charge in [-0.25, -0.2) is 5.43 Å². The molecule has 0 bridgehead atoms. The third kappa shape index (κ3) is 5.73. The van der Waals surface area contributed by atoms with Crippen molar-refractivity contribution in [1.82, 2.24) is 5.43 Å². The molecule has 0 aliphatic carbocycles. The van der Waals surface area contributed by atoms with Gasteiger partial charge in [0.25, 0.3) is 5.91 Å². The first kappa shape index (κ1) is 20.3. The first-order valence-corrected chi connectivity index (χ1v) is 8.25. The lowest BCUT2D eigenvalue weighted by molar-refractivity contribution is -0.137. The highest BCUT2D eigenvalue weighted by atomic mass is 19.4. The molecule has 0 aliphatic heterocycles. The van der Waals surface area contributed by atoms with Crippen LogP contribution in [-0.4, -0.2) is 25.3 Å². The molecule has 1 amide bonds. The van der Waals surface area contributed by atoms with Gasteiger partial charge in [-0.3, -0.25) is 4.79 Å². The van der Waals surface area contributed by atoms with Crippen LogP contribution in [0.2, 0.25) is 0 Å². The monoisotopic (exact) mass is 380 g/mol. The lowest BCUT2D eigenvalue weighted by Crippen LogP contribution is -2.18. The molecule has 27 heavy (non-hydrogen) atoms. The van der Waals surface area contributed by atoms with E-state index in [1.165, 1.54) is 18.3 Å². The average Bonchev–Trinajstić information content (AvgIpc) is 2.63. The van der Waals surface area contributed by atoms with Gasteiger partial charge in [-0.05, 0) is 55.8 Å². The van der Waals surface area contributed by atoms with Gasteiger partial charge in [-0.2, -0.15) is 18.3 Å². The first-order valence-electron chi connectivity index (χ1n) is 8.25. The van der Waals surface area contributed by atoms with Gasteiger partial charge in [0, 0.05) is 5.56 Å². The van der Waals surface area contributed by atoms with Crippen LogP contribution in [0.15, 0.2) is 47.6 Å². The smallest absolute Gasteiger partial charge is 0.416 e. The fourth-order valence-corrected chi connectivity index (χ4v) is 2.21. The second kappa shape index (κ2) is 9.07. The van der Waals surface area contributed by atoms with Gasteiger partial charge in [-0.15, -0.1) is 0 Å². The Morgan fingerprint density at radius 2 is 1.78 bits per heavy atom. The number of hydrazone groups is 1. The molecule has 0 aliphatic rings. The van der Waals surface area contributed by atoms with Crippen molar-refractivity contribution in [2.75, 3.05) is 13.2 Å². The van der Waals surface area contributed by atoms with Crippen molar-refractivity contribution in [3.05, 3.63) is 59.2 Å². The summed E-state index contributed by atoms with van der Waals surface area (Å²) >= 11 is 0. The Bertz CT molecular complexity index is 820. The van der Waals surface area contributed by atoms with Gasteiger partial charge in [0.2, 0.25) is 0 Å². The summed E-state index contributed by atoms with van der Waals surface area (Å²) in [5.41, 5.74) is 1.81. The normalized spacial score (nSPS) is 11.4. The fraction of sp³-hybridized carbons (Fsp3) is 0.263. The Morgan fingerprint density at radius 3 is 2.44 bits per heavy atom. The molecular weight excluding hydrogens is 361 g/mol. The molecule has 0 fully saturated rings. The van der Waals surface area contributed by atoms with Crippen LogP contribution in [0.5, 0.6) is 11.5 Å². The Labute approximate surface area is 154 Å². The molecule has 0 heterocycles. The average molecular weight is 380 g/mol. The van der Waals surface area contributed by atoms with Crippen LogP contribution in [0.3, 0.4) is 0 Å². The summed E-state index contributed by atoms with van der Waals surface area (Å²) in [6, 6.07) is 9.24. The maximum atomic E-state index is 12.7. The lowest BCUT2D eigenvalue weighted by atomic mass is 10.1. The fourth-order valence-electron chi connectivity index (χ4n) is 2.21. The van der Waals surface area contributed by atoms with E-state index >= 15 is 0 Å². The van der Waals surface area contributed by atoms with E-state index in [4.69, 9.17) is 9.47 Å². The van der Waals surface area contributed by atoms with Crippen LogP contribution < -0.4 is 14.9 Å². The van der Waals surface area contributed by atoms with Gasteiger partial charge in [-0.1, -0.05) is 6.07 Å². The van der Waals surface area contributed by atoms with Crippen molar-refractivity contribution in [1.29, 1.82) is 0 Å². The number of carbonyl (C=O) groups excluding carboxylic acids is 1. The van der Waals surface area contributed by atoms with E-state index in [0.717, 1.165) is 12.1 Å². The van der Waals surface area contributed by atoms with E-state index in [1.54, 1.807) is 18.2 Å². The summed E-state index contributed by atoms with van der Waals surface area (Å²) < 4.78 is 49.1. The number of ether oxygens (including phenoxy) is 2. The van der Waals surface area contributed by atoms with Crippen LogP contribution in [-0.2, 0) is 6.18 Å².